The Morgan fingerprint density at radius 1 is 1.29 bits per heavy atom. The van der Waals surface area contributed by atoms with E-state index in [9.17, 15) is 8.42 Å². The molecule has 0 aromatic heterocycles. The highest BCUT2D eigenvalue weighted by Crippen LogP contribution is 2.12. The molecule has 1 aromatic carbocycles. The van der Waals surface area contributed by atoms with E-state index in [-0.39, 0.29) is 18.1 Å². The Kier molecular flexibility index (Phi) is 5.44. The predicted molar refractivity (Wildman–Crippen MR) is 69.0 cm³/mol. The molecule has 2 N–H and O–H groups in total. The monoisotopic (exact) mass is 257 g/mol. The van der Waals surface area contributed by atoms with Gasteiger partial charge in [0, 0.05) is 0 Å². The van der Waals surface area contributed by atoms with Crippen LogP contribution in [0, 0.1) is 6.92 Å². The average Bonchev–Trinajstić information content (AvgIpc) is 2.26. The predicted octanol–water partition coefficient (Wildman–Crippen LogP) is 1.14. The third-order valence-corrected chi connectivity index (χ3v) is 4.01. The smallest absolute Gasteiger partial charge is 0.153 e. The lowest BCUT2D eigenvalue weighted by Gasteiger charge is -2.07. The molecule has 96 valence electrons. The first kappa shape index (κ1) is 14.0. The van der Waals surface area contributed by atoms with E-state index in [1.807, 2.05) is 31.2 Å². The number of hydrogen-bond donors (Lipinski definition) is 1. The Morgan fingerprint density at radius 2 is 2.06 bits per heavy atom. The van der Waals surface area contributed by atoms with Crippen molar-refractivity contribution in [3.63, 3.8) is 0 Å². The van der Waals surface area contributed by atoms with Gasteiger partial charge in [-0.15, -0.1) is 0 Å². The lowest BCUT2D eigenvalue weighted by atomic mass is 10.2. The zero-order valence-electron chi connectivity index (χ0n) is 10.1. The van der Waals surface area contributed by atoms with Crippen LogP contribution in [0.5, 0.6) is 5.75 Å². The summed E-state index contributed by atoms with van der Waals surface area (Å²) in [4.78, 5) is 0. The zero-order valence-corrected chi connectivity index (χ0v) is 10.9. The fourth-order valence-electron chi connectivity index (χ4n) is 1.40. The highest BCUT2D eigenvalue weighted by Gasteiger charge is 2.10. The summed E-state index contributed by atoms with van der Waals surface area (Å²) in [6.07, 6.45) is 0.507. The Labute approximate surface area is 103 Å². The number of benzene rings is 1. The maximum Gasteiger partial charge on any atom is 0.153 e. The molecular weight excluding hydrogens is 238 g/mol. The van der Waals surface area contributed by atoms with Gasteiger partial charge in [0.1, 0.15) is 12.4 Å². The van der Waals surface area contributed by atoms with Crippen molar-refractivity contribution in [2.24, 2.45) is 5.73 Å². The second kappa shape index (κ2) is 6.61. The van der Waals surface area contributed by atoms with Crippen LogP contribution in [0.15, 0.2) is 24.3 Å². The second-order valence-electron chi connectivity index (χ2n) is 3.96. The molecule has 0 heterocycles. The van der Waals surface area contributed by atoms with Crippen LogP contribution in [0.1, 0.15) is 12.0 Å². The van der Waals surface area contributed by atoms with Crippen molar-refractivity contribution < 1.29 is 13.2 Å². The molecule has 0 bridgehead atoms. The molecule has 0 saturated carbocycles. The van der Waals surface area contributed by atoms with E-state index < -0.39 is 9.84 Å². The van der Waals surface area contributed by atoms with Crippen LogP contribution in [0.3, 0.4) is 0 Å². The molecule has 0 radical (unpaired) electrons. The number of nitrogens with two attached hydrogens (primary N) is 1. The molecule has 0 aliphatic heterocycles. The Bertz CT molecular complexity index is 443. The van der Waals surface area contributed by atoms with E-state index in [4.69, 9.17) is 10.5 Å². The molecule has 17 heavy (non-hydrogen) atoms. The average molecular weight is 257 g/mol. The van der Waals surface area contributed by atoms with E-state index in [1.165, 1.54) is 0 Å². The van der Waals surface area contributed by atoms with E-state index in [0.717, 1.165) is 5.56 Å². The number of ether oxygens (including phenoxy) is 1. The maximum absolute atomic E-state index is 11.5. The molecule has 0 unspecified atom stereocenters. The topological polar surface area (TPSA) is 69.4 Å². The SMILES string of the molecule is Cc1cccc(OCCS(=O)(=O)CCCN)c1. The van der Waals surface area contributed by atoms with Crippen molar-refractivity contribution >= 4 is 9.84 Å². The molecule has 1 aromatic rings. The van der Waals surface area contributed by atoms with Gasteiger partial charge in [-0.1, -0.05) is 12.1 Å². The first-order valence-corrected chi connectivity index (χ1v) is 7.45. The van der Waals surface area contributed by atoms with Crippen LogP contribution in [-0.4, -0.2) is 33.1 Å². The molecule has 4 nitrogen and oxygen atoms in total. The van der Waals surface area contributed by atoms with Gasteiger partial charge in [0.25, 0.3) is 0 Å². The number of sulfone groups is 1. The van der Waals surface area contributed by atoms with E-state index in [0.29, 0.717) is 18.7 Å². The fourth-order valence-corrected chi connectivity index (χ4v) is 2.54. The molecule has 0 saturated heterocycles. The lowest BCUT2D eigenvalue weighted by Crippen LogP contribution is -2.19. The van der Waals surface area contributed by atoms with Gasteiger partial charge in [0.2, 0.25) is 0 Å². The van der Waals surface area contributed by atoms with Crippen molar-refractivity contribution in [2.75, 3.05) is 24.7 Å². The highest BCUT2D eigenvalue weighted by atomic mass is 32.2. The normalized spacial score (nSPS) is 11.4. The number of aryl methyl sites for hydroxylation is 1. The molecule has 5 heteroatoms. The van der Waals surface area contributed by atoms with Crippen molar-refractivity contribution in [1.82, 2.24) is 0 Å². The lowest BCUT2D eigenvalue weighted by molar-refractivity contribution is 0.340. The Morgan fingerprint density at radius 3 is 2.71 bits per heavy atom. The minimum atomic E-state index is -3.03. The van der Waals surface area contributed by atoms with Gasteiger partial charge in [0.15, 0.2) is 9.84 Å². The van der Waals surface area contributed by atoms with E-state index >= 15 is 0 Å². The third-order valence-electron chi connectivity index (χ3n) is 2.31. The summed E-state index contributed by atoms with van der Waals surface area (Å²) in [6, 6.07) is 7.55. The van der Waals surface area contributed by atoms with Crippen LogP contribution in [-0.2, 0) is 9.84 Å². The molecule has 0 fully saturated rings. The van der Waals surface area contributed by atoms with Crippen LogP contribution in [0.25, 0.3) is 0 Å². The summed E-state index contributed by atoms with van der Waals surface area (Å²) >= 11 is 0. The standard InChI is InChI=1S/C12H19NO3S/c1-11-4-2-5-12(10-11)16-7-9-17(14,15)8-3-6-13/h2,4-5,10H,3,6-9,13H2,1H3. The fraction of sp³-hybridized carbons (Fsp3) is 0.500. The molecule has 0 spiro atoms. The first-order chi connectivity index (χ1) is 8.03. The quantitative estimate of drug-likeness (QED) is 0.795. The summed E-state index contributed by atoms with van der Waals surface area (Å²) in [5.74, 6) is 0.890. The Balaban J connectivity index is 2.37. The van der Waals surface area contributed by atoms with Crippen molar-refractivity contribution in [3.8, 4) is 5.75 Å². The number of hydrogen-bond acceptors (Lipinski definition) is 4. The van der Waals surface area contributed by atoms with Gasteiger partial charge >= 0.3 is 0 Å². The van der Waals surface area contributed by atoms with Crippen LogP contribution < -0.4 is 10.5 Å². The molecule has 0 aliphatic rings. The van der Waals surface area contributed by atoms with Crippen LogP contribution in [0.2, 0.25) is 0 Å². The molecular formula is C12H19NO3S. The molecule has 1 rings (SSSR count). The largest absolute Gasteiger partial charge is 0.493 e. The van der Waals surface area contributed by atoms with Crippen LogP contribution >= 0.6 is 0 Å². The van der Waals surface area contributed by atoms with Gasteiger partial charge in [0.05, 0.1) is 11.5 Å². The minimum absolute atomic E-state index is 0.0426. The first-order valence-electron chi connectivity index (χ1n) is 5.63. The molecule has 0 atom stereocenters. The maximum atomic E-state index is 11.5. The van der Waals surface area contributed by atoms with E-state index in [2.05, 4.69) is 0 Å². The minimum Gasteiger partial charge on any atom is -0.493 e. The van der Waals surface area contributed by atoms with Gasteiger partial charge in [-0.2, -0.15) is 0 Å². The van der Waals surface area contributed by atoms with E-state index in [1.54, 1.807) is 0 Å². The second-order valence-corrected chi connectivity index (χ2v) is 6.26. The van der Waals surface area contributed by atoms with Crippen LogP contribution in [0.4, 0.5) is 0 Å². The molecule has 0 amide bonds. The highest BCUT2D eigenvalue weighted by molar-refractivity contribution is 7.91. The van der Waals surface area contributed by atoms with Crippen molar-refractivity contribution in [3.05, 3.63) is 29.8 Å². The number of rotatable bonds is 7. The zero-order chi connectivity index (χ0) is 12.7. The van der Waals surface area contributed by atoms with Gasteiger partial charge in [-0.3, -0.25) is 0 Å². The van der Waals surface area contributed by atoms with Crippen molar-refractivity contribution in [1.29, 1.82) is 0 Å². The summed E-state index contributed by atoms with van der Waals surface area (Å²) < 4.78 is 28.4. The van der Waals surface area contributed by atoms with Gasteiger partial charge in [-0.25, -0.2) is 8.42 Å². The Hall–Kier alpha value is -1.07. The summed E-state index contributed by atoms with van der Waals surface area (Å²) in [7, 11) is -3.03. The van der Waals surface area contributed by atoms with Crippen molar-refractivity contribution in [2.45, 2.75) is 13.3 Å². The third kappa shape index (κ3) is 5.70. The molecule has 0 aliphatic carbocycles. The van der Waals surface area contributed by atoms with Gasteiger partial charge in [-0.05, 0) is 37.6 Å². The summed E-state index contributed by atoms with van der Waals surface area (Å²) in [5, 5.41) is 0. The van der Waals surface area contributed by atoms with Gasteiger partial charge < -0.3 is 10.5 Å². The summed E-state index contributed by atoms with van der Waals surface area (Å²) in [5.41, 5.74) is 6.37. The summed E-state index contributed by atoms with van der Waals surface area (Å²) in [6.45, 7) is 2.55.